The number of benzene rings is 1. The van der Waals surface area contributed by atoms with Gasteiger partial charge in [0.25, 0.3) is 0 Å². The second-order valence-corrected chi connectivity index (χ2v) is 5.90. The molecule has 20 heavy (non-hydrogen) atoms. The van der Waals surface area contributed by atoms with E-state index in [0.717, 1.165) is 55.1 Å². The molecule has 108 valence electrons. The quantitative estimate of drug-likeness (QED) is 0.775. The summed E-state index contributed by atoms with van der Waals surface area (Å²) >= 11 is 1.63. The van der Waals surface area contributed by atoms with Crippen LogP contribution in [0, 0.1) is 11.3 Å². The van der Waals surface area contributed by atoms with E-state index in [1.54, 1.807) is 11.8 Å². The minimum absolute atomic E-state index is 0.299. The van der Waals surface area contributed by atoms with Gasteiger partial charge in [0.1, 0.15) is 6.07 Å². The topological polar surface area (TPSA) is 36.3 Å². The predicted molar refractivity (Wildman–Crippen MR) is 84.4 cm³/mol. The number of rotatable bonds is 5. The molecule has 1 aromatic carbocycles. The fourth-order valence-corrected chi connectivity index (χ4v) is 3.21. The van der Waals surface area contributed by atoms with Crippen LogP contribution in [-0.4, -0.2) is 32.1 Å². The summed E-state index contributed by atoms with van der Waals surface area (Å²) in [5, 5.41) is 9.45. The summed E-state index contributed by atoms with van der Waals surface area (Å²) in [6.45, 7) is 4.87. The maximum atomic E-state index is 9.45. The van der Waals surface area contributed by atoms with E-state index in [2.05, 4.69) is 24.0 Å². The number of hydrogen-bond donors (Lipinski definition) is 0. The molecule has 1 saturated heterocycles. The summed E-state index contributed by atoms with van der Waals surface area (Å²) in [7, 11) is 0. The molecule has 3 nitrogen and oxygen atoms in total. The van der Waals surface area contributed by atoms with Gasteiger partial charge in [-0.15, -0.1) is 11.8 Å². The lowest BCUT2D eigenvalue weighted by atomic mass is 10.1. The van der Waals surface area contributed by atoms with Gasteiger partial charge in [-0.05, 0) is 37.7 Å². The highest BCUT2D eigenvalue weighted by atomic mass is 32.2. The van der Waals surface area contributed by atoms with Gasteiger partial charge >= 0.3 is 0 Å². The fourth-order valence-electron chi connectivity index (χ4n) is 2.64. The van der Waals surface area contributed by atoms with E-state index in [0.29, 0.717) is 6.10 Å². The zero-order chi connectivity index (χ0) is 14.4. The minimum atomic E-state index is 0.299. The first-order valence-corrected chi connectivity index (χ1v) is 8.46. The molecule has 2 rings (SSSR count). The van der Waals surface area contributed by atoms with Crippen LogP contribution < -0.4 is 4.90 Å². The van der Waals surface area contributed by atoms with Crippen molar-refractivity contribution in [1.82, 2.24) is 0 Å². The van der Waals surface area contributed by atoms with Crippen molar-refractivity contribution in [3.05, 3.63) is 23.8 Å². The zero-order valence-corrected chi connectivity index (χ0v) is 13.1. The molecule has 4 heteroatoms. The SMILES string of the molecule is CCCOC1CCCN(c2cccc(SC)c2C#N)C1. The van der Waals surface area contributed by atoms with Crippen molar-refractivity contribution in [3.8, 4) is 6.07 Å². The van der Waals surface area contributed by atoms with Crippen LogP contribution >= 0.6 is 11.8 Å². The fraction of sp³-hybridized carbons (Fsp3) is 0.562. The van der Waals surface area contributed by atoms with Crippen molar-refractivity contribution in [2.45, 2.75) is 37.2 Å². The van der Waals surface area contributed by atoms with Crippen molar-refractivity contribution in [1.29, 1.82) is 5.26 Å². The van der Waals surface area contributed by atoms with Crippen LogP contribution in [-0.2, 0) is 4.74 Å². The van der Waals surface area contributed by atoms with Gasteiger partial charge in [0.2, 0.25) is 0 Å². The number of hydrogen-bond acceptors (Lipinski definition) is 4. The molecule has 1 fully saturated rings. The normalized spacial score (nSPS) is 18.9. The molecule has 0 saturated carbocycles. The number of nitriles is 1. The summed E-state index contributed by atoms with van der Waals surface area (Å²) in [4.78, 5) is 3.36. The molecule has 1 atom stereocenters. The Morgan fingerprint density at radius 3 is 3.05 bits per heavy atom. The average Bonchev–Trinajstić information content (AvgIpc) is 2.52. The molecule has 0 radical (unpaired) electrons. The Hall–Kier alpha value is -1.18. The minimum Gasteiger partial charge on any atom is -0.376 e. The lowest BCUT2D eigenvalue weighted by molar-refractivity contribution is 0.0440. The molecule has 1 aliphatic rings. The average molecular weight is 290 g/mol. The first-order valence-electron chi connectivity index (χ1n) is 7.23. The molecule has 0 N–H and O–H groups in total. The van der Waals surface area contributed by atoms with Gasteiger partial charge in [0, 0.05) is 24.6 Å². The van der Waals surface area contributed by atoms with E-state index in [9.17, 15) is 5.26 Å². The highest BCUT2D eigenvalue weighted by Gasteiger charge is 2.23. The molecule has 0 amide bonds. The smallest absolute Gasteiger partial charge is 0.103 e. The van der Waals surface area contributed by atoms with Crippen LogP contribution in [0.25, 0.3) is 0 Å². The molecule has 1 unspecified atom stereocenters. The van der Waals surface area contributed by atoms with E-state index < -0.39 is 0 Å². The largest absolute Gasteiger partial charge is 0.376 e. The molecule has 0 bridgehead atoms. The molecular weight excluding hydrogens is 268 g/mol. The standard InChI is InChI=1S/C16H22N2OS/c1-3-10-19-13-6-5-9-18(12-13)15-7-4-8-16(20-2)14(15)11-17/h4,7-8,13H,3,5-6,9-10,12H2,1-2H3. The molecule has 1 heterocycles. The second kappa shape index (κ2) is 7.56. The maximum absolute atomic E-state index is 9.45. The van der Waals surface area contributed by atoms with E-state index >= 15 is 0 Å². The van der Waals surface area contributed by atoms with E-state index in [1.165, 1.54) is 0 Å². The number of nitrogens with zero attached hydrogens (tertiary/aromatic N) is 2. The van der Waals surface area contributed by atoms with Crippen LogP contribution in [0.5, 0.6) is 0 Å². The van der Waals surface area contributed by atoms with Crippen molar-refractivity contribution in [2.24, 2.45) is 0 Å². The van der Waals surface area contributed by atoms with Gasteiger partial charge in [0.05, 0.1) is 17.4 Å². The third kappa shape index (κ3) is 3.47. The van der Waals surface area contributed by atoms with Crippen LogP contribution in [0.3, 0.4) is 0 Å². The van der Waals surface area contributed by atoms with Crippen molar-refractivity contribution in [3.63, 3.8) is 0 Å². The maximum Gasteiger partial charge on any atom is 0.103 e. The summed E-state index contributed by atoms with van der Waals surface area (Å²) < 4.78 is 5.88. The summed E-state index contributed by atoms with van der Waals surface area (Å²) in [5.74, 6) is 0. The molecule has 1 aromatic rings. The van der Waals surface area contributed by atoms with Crippen molar-refractivity contribution >= 4 is 17.4 Å². The third-order valence-corrected chi connectivity index (χ3v) is 4.39. The number of anilines is 1. The number of ether oxygens (including phenoxy) is 1. The highest BCUT2D eigenvalue weighted by Crippen LogP contribution is 2.31. The van der Waals surface area contributed by atoms with Gasteiger partial charge in [0.15, 0.2) is 0 Å². The van der Waals surface area contributed by atoms with E-state index in [1.807, 2.05) is 18.4 Å². The van der Waals surface area contributed by atoms with Gasteiger partial charge in [-0.2, -0.15) is 5.26 Å². The van der Waals surface area contributed by atoms with E-state index in [-0.39, 0.29) is 0 Å². The van der Waals surface area contributed by atoms with Gasteiger partial charge in [-0.1, -0.05) is 13.0 Å². The third-order valence-electron chi connectivity index (χ3n) is 3.61. The number of thioether (sulfide) groups is 1. The van der Waals surface area contributed by atoms with Crippen molar-refractivity contribution in [2.75, 3.05) is 30.9 Å². The van der Waals surface area contributed by atoms with Crippen LogP contribution in [0.1, 0.15) is 31.7 Å². The molecule has 0 aliphatic carbocycles. The lowest BCUT2D eigenvalue weighted by Crippen LogP contribution is -2.40. The monoisotopic (exact) mass is 290 g/mol. The van der Waals surface area contributed by atoms with Gasteiger partial charge < -0.3 is 9.64 Å². The van der Waals surface area contributed by atoms with Crippen molar-refractivity contribution < 1.29 is 4.74 Å². The Labute approximate surface area is 125 Å². The van der Waals surface area contributed by atoms with Gasteiger partial charge in [-0.3, -0.25) is 0 Å². The number of piperidine rings is 1. The second-order valence-electron chi connectivity index (χ2n) is 5.05. The Bertz CT molecular complexity index is 484. The molecule has 1 aliphatic heterocycles. The zero-order valence-electron chi connectivity index (χ0n) is 12.3. The Kier molecular flexibility index (Phi) is 5.75. The Morgan fingerprint density at radius 1 is 1.50 bits per heavy atom. The first kappa shape index (κ1) is 15.2. The van der Waals surface area contributed by atoms with Crippen LogP contribution in [0.2, 0.25) is 0 Å². The Balaban J connectivity index is 2.17. The first-order chi connectivity index (χ1) is 9.80. The molecule has 0 spiro atoms. The lowest BCUT2D eigenvalue weighted by Gasteiger charge is -2.35. The molecule has 0 aromatic heterocycles. The van der Waals surface area contributed by atoms with Crippen LogP contribution in [0.15, 0.2) is 23.1 Å². The summed E-state index contributed by atoms with van der Waals surface area (Å²) in [6.07, 6.45) is 5.63. The molecular formula is C16H22N2OS. The highest BCUT2D eigenvalue weighted by molar-refractivity contribution is 7.98. The van der Waals surface area contributed by atoms with E-state index in [4.69, 9.17) is 4.74 Å². The Morgan fingerprint density at radius 2 is 2.35 bits per heavy atom. The van der Waals surface area contributed by atoms with Gasteiger partial charge in [-0.25, -0.2) is 0 Å². The summed E-state index contributed by atoms with van der Waals surface area (Å²) in [5.41, 5.74) is 1.86. The summed E-state index contributed by atoms with van der Waals surface area (Å²) in [6, 6.07) is 8.48. The predicted octanol–water partition coefficient (Wildman–Crippen LogP) is 3.68. The van der Waals surface area contributed by atoms with Crippen LogP contribution in [0.4, 0.5) is 5.69 Å².